The summed E-state index contributed by atoms with van der Waals surface area (Å²) in [6.45, 7) is 0. The van der Waals surface area contributed by atoms with Crippen molar-refractivity contribution in [1.29, 1.82) is 0 Å². The lowest BCUT2D eigenvalue weighted by molar-refractivity contribution is 0.0702. The maximum Gasteiger partial charge on any atom is 0.348 e. The molecule has 1 aromatic heterocycles. The molecule has 0 aliphatic heterocycles. The van der Waals surface area contributed by atoms with Gasteiger partial charge in [-0.25, -0.2) is 9.78 Å². The number of hydrogen-bond acceptors (Lipinski definition) is 3. The van der Waals surface area contributed by atoms with Crippen LogP contribution in [0.1, 0.15) is 20.2 Å². The molecule has 3 nitrogen and oxygen atoms in total. The van der Waals surface area contributed by atoms with Gasteiger partial charge in [0.15, 0.2) is 0 Å². The summed E-state index contributed by atoms with van der Waals surface area (Å²) in [6, 6.07) is 16.7. The second kappa shape index (κ2) is 6.77. The van der Waals surface area contributed by atoms with Crippen LogP contribution in [-0.2, 0) is 0 Å². The molecule has 0 spiro atoms. The van der Waals surface area contributed by atoms with E-state index in [0.717, 1.165) is 22.5 Å². The van der Waals surface area contributed by atoms with Crippen molar-refractivity contribution in [2.45, 2.75) is 0 Å². The van der Waals surface area contributed by atoms with Gasteiger partial charge in [-0.1, -0.05) is 60.1 Å². The van der Waals surface area contributed by atoms with Crippen LogP contribution in [0.15, 0.2) is 54.6 Å². The Labute approximate surface area is 142 Å². The predicted molar refractivity (Wildman–Crippen MR) is 94.9 cm³/mol. The first kappa shape index (κ1) is 15.5. The number of thiazole rings is 1. The first-order chi connectivity index (χ1) is 11.1. The minimum atomic E-state index is -0.965. The molecular formula is C18H12ClNO2S. The fourth-order valence-electron chi connectivity index (χ4n) is 2.09. The van der Waals surface area contributed by atoms with Gasteiger partial charge in [0.25, 0.3) is 0 Å². The van der Waals surface area contributed by atoms with E-state index < -0.39 is 5.97 Å². The Kier molecular flexibility index (Phi) is 4.55. The van der Waals surface area contributed by atoms with Gasteiger partial charge in [-0.3, -0.25) is 0 Å². The monoisotopic (exact) mass is 341 g/mol. The van der Waals surface area contributed by atoms with Crippen LogP contribution in [0, 0.1) is 0 Å². The zero-order valence-corrected chi connectivity index (χ0v) is 13.5. The van der Waals surface area contributed by atoms with Gasteiger partial charge in [-0.2, -0.15) is 0 Å². The molecule has 5 heteroatoms. The maximum absolute atomic E-state index is 11.5. The van der Waals surface area contributed by atoms with E-state index in [4.69, 9.17) is 11.6 Å². The summed E-state index contributed by atoms with van der Waals surface area (Å²) in [4.78, 5) is 16.2. The molecule has 0 radical (unpaired) electrons. The van der Waals surface area contributed by atoms with E-state index in [1.807, 2.05) is 54.6 Å². The Balaban J connectivity index is 1.95. The van der Waals surface area contributed by atoms with Gasteiger partial charge in [0.2, 0.25) is 0 Å². The second-order valence-corrected chi connectivity index (χ2v) is 6.25. The lowest BCUT2D eigenvalue weighted by atomic mass is 10.1. The zero-order chi connectivity index (χ0) is 16.2. The normalized spacial score (nSPS) is 11.0. The molecule has 0 aliphatic carbocycles. The Morgan fingerprint density at radius 1 is 1.04 bits per heavy atom. The summed E-state index contributed by atoms with van der Waals surface area (Å²) in [6.07, 6.45) is 3.70. The number of hydrogen-bond donors (Lipinski definition) is 1. The summed E-state index contributed by atoms with van der Waals surface area (Å²) in [5, 5.41) is 10.7. The molecule has 3 rings (SSSR count). The molecule has 0 amide bonds. The third-order valence-corrected chi connectivity index (χ3v) is 4.43. The number of rotatable bonds is 4. The highest BCUT2D eigenvalue weighted by Gasteiger charge is 2.17. The van der Waals surface area contributed by atoms with E-state index in [-0.39, 0.29) is 4.88 Å². The fourth-order valence-corrected chi connectivity index (χ4v) is 3.04. The molecule has 2 aromatic carbocycles. The summed E-state index contributed by atoms with van der Waals surface area (Å²) >= 11 is 7.02. The van der Waals surface area contributed by atoms with E-state index in [9.17, 15) is 9.90 Å². The third-order valence-electron chi connectivity index (χ3n) is 3.17. The minimum absolute atomic E-state index is 0.243. The summed E-state index contributed by atoms with van der Waals surface area (Å²) in [5.74, 6) is -0.965. The molecule has 114 valence electrons. The van der Waals surface area contributed by atoms with E-state index in [1.165, 1.54) is 0 Å². The number of aromatic carboxylic acids is 1. The molecule has 23 heavy (non-hydrogen) atoms. The topological polar surface area (TPSA) is 50.2 Å². The maximum atomic E-state index is 11.5. The fraction of sp³-hybridized carbons (Fsp3) is 0. The van der Waals surface area contributed by atoms with Crippen LogP contribution in [0.2, 0.25) is 5.02 Å². The van der Waals surface area contributed by atoms with Crippen LogP contribution in [0.5, 0.6) is 0 Å². The van der Waals surface area contributed by atoms with E-state index >= 15 is 0 Å². The van der Waals surface area contributed by atoms with Crippen LogP contribution in [0.25, 0.3) is 23.4 Å². The van der Waals surface area contributed by atoms with Gasteiger partial charge in [0.05, 0.1) is 5.69 Å². The van der Waals surface area contributed by atoms with E-state index in [0.29, 0.717) is 15.7 Å². The first-order valence-corrected chi connectivity index (χ1v) is 8.06. The second-order valence-electron chi connectivity index (χ2n) is 4.79. The average Bonchev–Trinajstić information content (AvgIpc) is 3.00. The van der Waals surface area contributed by atoms with Crippen molar-refractivity contribution < 1.29 is 9.90 Å². The molecule has 0 atom stereocenters. The number of carbonyl (C=O) groups is 1. The lowest BCUT2D eigenvalue weighted by Gasteiger charge is -1.97. The van der Waals surface area contributed by atoms with Gasteiger partial charge < -0.3 is 5.11 Å². The molecule has 3 aromatic rings. The molecular weight excluding hydrogens is 330 g/mol. The third kappa shape index (κ3) is 3.67. The van der Waals surface area contributed by atoms with Crippen LogP contribution >= 0.6 is 22.9 Å². The molecule has 1 heterocycles. The van der Waals surface area contributed by atoms with Crippen LogP contribution in [0.4, 0.5) is 0 Å². The Hall–Kier alpha value is -2.43. The van der Waals surface area contributed by atoms with E-state index in [1.54, 1.807) is 12.1 Å². The van der Waals surface area contributed by atoms with Crippen molar-refractivity contribution in [3.8, 4) is 11.3 Å². The summed E-state index contributed by atoms with van der Waals surface area (Å²) in [5.41, 5.74) is 2.27. The van der Waals surface area contributed by atoms with Crippen molar-refractivity contribution >= 4 is 41.1 Å². The summed E-state index contributed by atoms with van der Waals surface area (Å²) < 4.78 is 0. The predicted octanol–water partition coefficient (Wildman–Crippen LogP) is 5.33. The number of carboxylic acid groups (broad SMARTS) is 1. The number of benzene rings is 2. The Morgan fingerprint density at radius 2 is 1.74 bits per heavy atom. The van der Waals surface area contributed by atoms with Gasteiger partial charge in [0, 0.05) is 10.6 Å². The molecule has 0 bridgehead atoms. The van der Waals surface area contributed by atoms with Crippen molar-refractivity contribution in [3.05, 3.63) is 75.1 Å². The van der Waals surface area contributed by atoms with Crippen molar-refractivity contribution in [2.24, 2.45) is 0 Å². The average molecular weight is 342 g/mol. The van der Waals surface area contributed by atoms with Crippen LogP contribution < -0.4 is 0 Å². The largest absolute Gasteiger partial charge is 0.477 e. The van der Waals surface area contributed by atoms with Crippen molar-refractivity contribution in [1.82, 2.24) is 4.98 Å². The number of nitrogens with zero attached hydrogens (tertiary/aromatic N) is 1. The van der Waals surface area contributed by atoms with Gasteiger partial charge >= 0.3 is 5.97 Å². The van der Waals surface area contributed by atoms with Crippen molar-refractivity contribution in [2.75, 3.05) is 0 Å². The number of halogens is 1. The highest BCUT2D eigenvalue weighted by Crippen LogP contribution is 2.29. The standard InChI is InChI=1S/C18H12ClNO2S/c19-14-9-6-12(7-10-14)8-11-15-20-16(17(23-15)18(21)22)13-4-2-1-3-5-13/h1-11H,(H,21,22)/b11-8+. The van der Waals surface area contributed by atoms with Crippen LogP contribution in [-0.4, -0.2) is 16.1 Å². The van der Waals surface area contributed by atoms with Crippen LogP contribution in [0.3, 0.4) is 0 Å². The minimum Gasteiger partial charge on any atom is -0.477 e. The molecule has 0 fully saturated rings. The van der Waals surface area contributed by atoms with Crippen molar-refractivity contribution in [3.63, 3.8) is 0 Å². The van der Waals surface area contributed by atoms with Gasteiger partial charge in [-0.05, 0) is 23.8 Å². The molecule has 0 unspecified atom stereocenters. The lowest BCUT2D eigenvalue weighted by Crippen LogP contribution is -1.95. The first-order valence-electron chi connectivity index (χ1n) is 6.86. The Morgan fingerprint density at radius 3 is 2.39 bits per heavy atom. The smallest absolute Gasteiger partial charge is 0.348 e. The molecule has 0 aliphatic rings. The van der Waals surface area contributed by atoms with Gasteiger partial charge in [-0.15, -0.1) is 11.3 Å². The highest BCUT2D eigenvalue weighted by molar-refractivity contribution is 7.15. The molecule has 0 saturated carbocycles. The zero-order valence-electron chi connectivity index (χ0n) is 11.9. The molecule has 1 N–H and O–H groups in total. The summed E-state index contributed by atoms with van der Waals surface area (Å²) in [7, 11) is 0. The quantitative estimate of drug-likeness (QED) is 0.697. The highest BCUT2D eigenvalue weighted by atomic mass is 35.5. The number of carboxylic acids is 1. The Bertz CT molecular complexity index is 854. The number of aromatic nitrogens is 1. The SMILES string of the molecule is O=C(O)c1sc(/C=C/c2ccc(Cl)cc2)nc1-c1ccccc1. The molecule has 0 saturated heterocycles. The van der Waals surface area contributed by atoms with Gasteiger partial charge in [0.1, 0.15) is 9.88 Å². The van der Waals surface area contributed by atoms with E-state index in [2.05, 4.69) is 4.98 Å².